The van der Waals surface area contributed by atoms with Gasteiger partial charge in [0, 0.05) is 10.3 Å². The summed E-state index contributed by atoms with van der Waals surface area (Å²) < 4.78 is 27.3. The predicted octanol–water partition coefficient (Wildman–Crippen LogP) is 4.00. The van der Waals surface area contributed by atoms with Crippen molar-refractivity contribution in [3.05, 3.63) is 63.5 Å². The molecular formula is C17H14ClNO3S2. The summed E-state index contributed by atoms with van der Waals surface area (Å²) in [7, 11) is -2.43. The first-order chi connectivity index (χ1) is 11.3. The van der Waals surface area contributed by atoms with E-state index in [4.69, 9.17) is 11.6 Å². The highest BCUT2D eigenvalue weighted by atomic mass is 35.5. The number of carbonyl (C=O) groups excluding carboxylic acids is 1. The molecule has 0 saturated carbocycles. The van der Waals surface area contributed by atoms with Gasteiger partial charge < -0.3 is 0 Å². The van der Waals surface area contributed by atoms with Gasteiger partial charge in [0.25, 0.3) is 0 Å². The maximum absolute atomic E-state index is 12.9. The molecule has 1 N–H and O–H groups in total. The Labute approximate surface area is 149 Å². The van der Waals surface area contributed by atoms with Gasteiger partial charge in [-0.25, -0.2) is 13.1 Å². The quantitative estimate of drug-likeness (QED) is 0.697. The van der Waals surface area contributed by atoms with E-state index in [1.165, 1.54) is 30.5 Å². The zero-order valence-electron chi connectivity index (χ0n) is 13.0. The normalized spacial score (nSPS) is 11.8. The molecule has 0 aliphatic carbocycles. The molecule has 0 saturated heterocycles. The van der Waals surface area contributed by atoms with Crippen LogP contribution in [0.25, 0.3) is 10.1 Å². The lowest BCUT2D eigenvalue weighted by molar-refractivity contribution is 0.104. The smallest absolute Gasteiger partial charge is 0.241 e. The minimum absolute atomic E-state index is 0.0777. The predicted molar refractivity (Wildman–Crippen MR) is 97.7 cm³/mol. The van der Waals surface area contributed by atoms with Crippen LogP contribution in [0.5, 0.6) is 0 Å². The number of ketones is 1. The molecule has 0 aliphatic heterocycles. The highest BCUT2D eigenvalue weighted by Gasteiger charge is 2.21. The van der Waals surface area contributed by atoms with Gasteiger partial charge in [-0.1, -0.05) is 29.8 Å². The van der Waals surface area contributed by atoms with E-state index in [2.05, 4.69) is 4.72 Å². The number of sulfonamides is 1. The maximum Gasteiger partial charge on any atom is 0.241 e. The Bertz CT molecular complexity index is 1050. The van der Waals surface area contributed by atoms with Gasteiger partial charge in [0.15, 0.2) is 0 Å². The van der Waals surface area contributed by atoms with Crippen molar-refractivity contribution in [3.63, 3.8) is 0 Å². The van der Waals surface area contributed by atoms with Gasteiger partial charge in [-0.05, 0) is 49.2 Å². The second-order valence-electron chi connectivity index (χ2n) is 5.23. The summed E-state index contributed by atoms with van der Waals surface area (Å²) in [6.07, 6.45) is 0. The van der Waals surface area contributed by atoms with Crippen LogP contribution in [0, 0.1) is 6.92 Å². The Balaban J connectivity index is 2.13. The van der Waals surface area contributed by atoms with E-state index in [-0.39, 0.29) is 15.7 Å². The molecule has 2 aromatic carbocycles. The van der Waals surface area contributed by atoms with Gasteiger partial charge in [0.1, 0.15) is 4.90 Å². The summed E-state index contributed by atoms with van der Waals surface area (Å²) in [5.41, 5.74) is 1.19. The van der Waals surface area contributed by atoms with Crippen LogP contribution < -0.4 is 4.72 Å². The molecule has 0 fully saturated rings. The first kappa shape index (κ1) is 17.1. The third kappa shape index (κ3) is 2.86. The Kier molecular flexibility index (Phi) is 4.48. The fraction of sp³-hybridized carbons (Fsp3) is 0.118. The van der Waals surface area contributed by atoms with E-state index in [9.17, 15) is 13.2 Å². The first-order valence-corrected chi connectivity index (χ1v) is 9.79. The molecule has 24 heavy (non-hydrogen) atoms. The molecule has 0 unspecified atom stereocenters. The number of benzene rings is 2. The summed E-state index contributed by atoms with van der Waals surface area (Å²) in [5.74, 6) is -0.210. The second-order valence-corrected chi connectivity index (χ2v) is 8.55. The van der Waals surface area contributed by atoms with E-state index in [0.717, 1.165) is 15.6 Å². The zero-order valence-corrected chi connectivity index (χ0v) is 15.3. The summed E-state index contributed by atoms with van der Waals surface area (Å²) in [6, 6.07) is 12.1. The Morgan fingerprint density at radius 2 is 1.88 bits per heavy atom. The van der Waals surface area contributed by atoms with Crippen molar-refractivity contribution in [1.29, 1.82) is 0 Å². The number of carbonyl (C=O) groups is 1. The third-order valence-corrected chi connectivity index (χ3v) is 6.97. The van der Waals surface area contributed by atoms with E-state index >= 15 is 0 Å². The third-order valence-electron chi connectivity index (χ3n) is 3.80. The van der Waals surface area contributed by atoms with Gasteiger partial charge in [-0.3, -0.25) is 4.79 Å². The standard InChI is InChI=1S/C17H14ClNO3S2/c1-10-12-5-3-4-6-14(12)23-17(10)16(20)11-7-8-13(18)15(9-11)24(21,22)19-2/h3-9,19H,1-2H3. The molecule has 0 aliphatic rings. The molecule has 0 spiro atoms. The average molecular weight is 380 g/mol. The minimum atomic E-state index is -3.73. The summed E-state index contributed by atoms with van der Waals surface area (Å²) in [4.78, 5) is 13.4. The van der Waals surface area contributed by atoms with Gasteiger partial charge >= 0.3 is 0 Å². The van der Waals surface area contributed by atoms with Crippen LogP contribution in [0.4, 0.5) is 0 Å². The largest absolute Gasteiger partial charge is 0.288 e. The van der Waals surface area contributed by atoms with E-state index < -0.39 is 10.0 Å². The van der Waals surface area contributed by atoms with E-state index in [1.807, 2.05) is 31.2 Å². The van der Waals surface area contributed by atoms with Gasteiger partial charge in [0.05, 0.1) is 9.90 Å². The zero-order chi connectivity index (χ0) is 17.5. The highest BCUT2D eigenvalue weighted by Crippen LogP contribution is 2.33. The second kappa shape index (κ2) is 6.29. The van der Waals surface area contributed by atoms with Crippen molar-refractivity contribution in [2.24, 2.45) is 0 Å². The highest BCUT2D eigenvalue weighted by molar-refractivity contribution is 7.89. The molecule has 3 aromatic rings. The minimum Gasteiger partial charge on any atom is -0.288 e. The van der Waals surface area contributed by atoms with Crippen LogP contribution in [0.3, 0.4) is 0 Å². The Hall–Kier alpha value is -1.73. The van der Waals surface area contributed by atoms with Gasteiger partial charge in [-0.2, -0.15) is 0 Å². The summed E-state index contributed by atoms with van der Waals surface area (Å²) >= 11 is 7.38. The van der Waals surface area contributed by atoms with Crippen molar-refractivity contribution in [2.45, 2.75) is 11.8 Å². The number of halogens is 1. The average Bonchev–Trinajstić information content (AvgIpc) is 2.92. The van der Waals surface area contributed by atoms with Crippen molar-refractivity contribution in [2.75, 3.05) is 7.05 Å². The lowest BCUT2D eigenvalue weighted by atomic mass is 10.1. The summed E-state index contributed by atoms with van der Waals surface area (Å²) in [6.45, 7) is 1.90. The number of rotatable bonds is 4. The van der Waals surface area contributed by atoms with Crippen LogP contribution in [0.1, 0.15) is 20.8 Å². The fourth-order valence-electron chi connectivity index (χ4n) is 2.48. The van der Waals surface area contributed by atoms with Crippen molar-refractivity contribution in [3.8, 4) is 0 Å². The number of thiophene rings is 1. The molecule has 1 aromatic heterocycles. The first-order valence-electron chi connectivity index (χ1n) is 7.11. The molecule has 3 rings (SSSR count). The van der Waals surface area contributed by atoms with E-state index in [0.29, 0.717) is 10.4 Å². The van der Waals surface area contributed by atoms with Gasteiger partial charge in [-0.15, -0.1) is 11.3 Å². The monoisotopic (exact) mass is 379 g/mol. The molecule has 124 valence electrons. The number of fused-ring (bicyclic) bond motifs is 1. The molecule has 1 heterocycles. The van der Waals surface area contributed by atoms with Crippen LogP contribution >= 0.6 is 22.9 Å². The molecule has 0 radical (unpaired) electrons. The van der Waals surface area contributed by atoms with Crippen LogP contribution in [0.2, 0.25) is 5.02 Å². The van der Waals surface area contributed by atoms with Crippen LogP contribution in [0.15, 0.2) is 47.4 Å². The number of hydrogen-bond donors (Lipinski definition) is 1. The van der Waals surface area contributed by atoms with Crippen molar-refractivity contribution in [1.82, 2.24) is 4.72 Å². The fourth-order valence-corrected chi connectivity index (χ4v) is 4.90. The molecule has 0 atom stereocenters. The van der Waals surface area contributed by atoms with Crippen molar-refractivity contribution < 1.29 is 13.2 Å². The lowest BCUT2D eigenvalue weighted by Gasteiger charge is -2.07. The number of aryl methyl sites for hydroxylation is 1. The van der Waals surface area contributed by atoms with Gasteiger partial charge in [0.2, 0.25) is 15.8 Å². The van der Waals surface area contributed by atoms with Crippen molar-refractivity contribution >= 4 is 48.8 Å². The van der Waals surface area contributed by atoms with Crippen LogP contribution in [-0.2, 0) is 10.0 Å². The Morgan fingerprint density at radius 3 is 2.54 bits per heavy atom. The molecule has 4 nitrogen and oxygen atoms in total. The molecular weight excluding hydrogens is 366 g/mol. The number of hydrogen-bond acceptors (Lipinski definition) is 4. The maximum atomic E-state index is 12.9. The number of nitrogens with one attached hydrogen (secondary N) is 1. The topological polar surface area (TPSA) is 63.2 Å². The lowest BCUT2D eigenvalue weighted by Crippen LogP contribution is -2.19. The Morgan fingerprint density at radius 1 is 1.17 bits per heavy atom. The molecule has 0 amide bonds. The summed E-state index contributed by atoms with van der Waals surface area (Å²) in [5, 5.41) is 1.11. The van der Waals surface area contributed by atoms with E-state index in [1.54, 1.807) is 6.07 Å². The molecule has 0 bridgehead atoms. The molecule has 7 heteroatoms. The van der Waals surface area contributed by atoms with Crippen LogP contribution in [-0.4, -0.2) is 21.2 Å². The SMILES string of the molecule is CNS(=O)(=O)c1cc(C(=O)c2sc3ccccc3c2C)ccc1Cl.